The summed E-state index contributed by atoms with van der Waals surface area (Å²) in [5.74, 6) is 0. The molecular formula is C20H13F6IO3S. The minimum absolute atomic E-state index is 0.185. The molecule has 0 spiro atoms. The highest BCUT2D eigenvalue weighted by molar-refractivity contribution is 7.85. The van der Waals surface area contributed by atoms with E-state index in [1.165, 1.54) is 48.5 Å². The molecule has 0 saturated heterocycles. The SMILES string of the molecule is FC(F)(F)c1ccc([I+]c2ccc(C(F)(F)F)cc2)cc1.O=S(=O)([O-])c1ccccc1. The van der Waals surface area contributed by atoms with Crippen LogP contribution in [0.1, 0.15) is 11.1 Å². The van der Waals surface area contributed by atoms with Gasteiger partial charge in [-0.25, -0.2) is 8.42 Å². The number of hydrogen-bond acceptors (Lipinski definition) is 3. The Bertz CT molecular complexity index is 1020. The lowest BCUT2D eigenvalue weighted by Gasteiger charge is -2.05. The Kier molecular flexibility index (Phi) is 8.11. The fraction of sp³-hybridized carbons (Fsp3) is 0.100. The molecule has 0 heterocycles. The van der Waals surface area contributed by atoms with E-state index in [9.17, 15) is 39.3 Å². The second-order valence-corrected chi connectivity index (χ2v) is 10.3. The van der Waals surface area contributed by atoms with Gasteiger partial charge in [0.2, 0.25) is 0 Å². The van der Waals surface area contributed by atoms with Crippen LogP contribution in [0.4, 0.5) is 26.3 Å². The van der Waals surface area contributed by atoms with Gasteiger partial charge in [-0.3, -0.25) is 0 Å². The zero-order valence-corrected chi connectivity index (χ0v) is 18.3. The first-order valence-corrected chi connectivity index (χ1v) is 11.8. The van der Waals surface area contributed by atoms with Crippen molar-refractivity contribution in [2.75, 3.05) is 0 Å². The summed E-state index contributed by atoms with van der Waals surface area (Å²) in [4.78, 5) is -0.185. The van der Waals surface area contributed by atoms with Gasteiger partial charge in [0.15, 0.2) is 7.14 Å². The molecule has 0 aromatic heterocycles. The van der Waals surface area contributed by atoms with Crippen LogP contribution in [0.5, 0.6) is 0 Å². The number of rotatable bonds is 3. The molecule has 0 atom stereocenters. The molecule has 11 heteroatoms. The van der Waals surface area contributed by atoms with Crippen molar-refractivity contribution in [3.8, 4) is 0 Å². The molecule has 166 valence electrons. The van der Waals surface area contributed by atoms with Crippen molar-refractivity contribution in [1.29, 1.82) is 0 Å². The summed E-state index contributed by atoms with van der Waals surface area (Å²) in [6.07, 6.45) is -8.77. The predicted molar refractivity (Wildman–Crippen MR) is 94.7 cm³/mol. The molecule has 0 N–H and O–H groups in total. The summed E-state index contributed by atoms with van der Waals surface area (Å²) in [5.41, 5.74) is -1.47. The van der Waals surface area contributed by atoms with Crippen molar-refractivity contribution in [2.45, 2.75) is 17.2 Å². The first kappa shape index (κ1) is 25.1. The largest absolute Gasteiger partial charge is 0.744 e. The molecule has 0 aliphatic rings. The molecule has 0 fully saturated rings. The molecule has 3 aromatic carbocycles. The summed E-state index contributed by atoms with van der Waals surface area (Å²) in [6.45, 7) is 0. The smallest absolute Gasteiger partial charge is 0.416 e. The fourth-order valence-electron chi connectivity index (χ4n) is 2.12. The van der Waals surface area contributed by atoms with Gasteiger partial charge in [-0.15, -0.1) is 0 Å². The highest BCUT2D eigenvalue weighted by Gasteiger charge is 2.32. The molecule has 0 bridgehead atoms. The molecule has 0 aliphatic heterocycles. The topological polar surface area (TPSA) is 57.2 Å². The number of benzene rings is 3. The average molecular weight is 574 g/mol. The zero-order chi connectivity index (χ0) is 23.3. The Morgan fingerprint density at radius 1 is 0.613 bits per heavy atom. The van der Waals surface area contributed by atoms with E-state index in [4.69, 9.17) is 0 Å². The summed E-state index contributed by atoms with van der Waals surface area (Å²) in [6, 6.07) is 16.6. The standard InChI is InChI=1S/C14H8F6I.C6H6O3S/c15-13(16,17)9-1-5-11(6-2-9)21-12-7-3-10(4-8-12)14(18,19)20;7-10(8,9)6-4-2-1-3-5-6/h1-8H;1-5H,(H,7,8,9)/q+1;/p-1. The van der Waals surface area contributed by atoms with Crippen LogP contribution < -0.4 is 21.2 Å². The molecule has 0 aliphatic carbocycles. The van der Waals surface area contributed by atoms with E-state index in [0.717, 1.165) is 24.3 Å². The molecule has 0 saturated carbocycles. The maximum Gasteiger partial charge on any atom is 0.416 e. The van der Waals surface area contributed by atoms with Crippen molar-refractivity contribution >= 4 is 10.1 Å². The van der Waals surface area contributed by atoms with E-state index in [-0.39, 0.29) is 4.90 Å². The predicted octanol–water partition coefficient (Wildman–Crippen LogP) is 2.44. The van der Waals surface area contributed by atoms with E-state index in [1.54, 1.807) is 6.07 Å². The van der Waals surface area contributed by atoms with Gasteiger partial charge >= 0.3 is 33.6 Å². The van der Waals surface area contributed by atoms with E-state index < -0.39 is 54.8 Å². The molecule has 3 nitrogen and oxygen atoms in total. The van der Waals surface area contributed by atoms with Crippen LogP contribution in [-0.2, 0) is 22.5 Å². The lowest BCUT2D eigenvalue weighted by Crippen LogP contribution is -3.61. The van der Waals surface area contributed by atoms with Gasteiger partial charge in [-0.05, 0) is 60.7 Å². The second-order valence-electron chi connectivity index (χ2n) is 5.87. The van der Waals surface area contributed by atoms with Gasteiger partial charge < -0.3 is 4.55 Å². The van der Waals surface area contributed by atoms with Crippen LogP contribution in [0.15, 0.2) is 83.8 Å². The summed E-state index contributed by atoms with van der Waals surface area (Å²) >= 11 is -0.805. The minimum Gasteiger partial charge on any atom is -0.744 e. The lowest BCUT2D eigenvalue weighted by atomic mass is 10.2. The lowest BCUT2D eigenvalue weighted by molar-refractivity contribution is -0.597. The van der Waals surface area contributed by atoms with Crippen molar-refractivity contribution in [2.24, 2.45) is 0 Å². The number of hydrogen-bond donors (Lipinski definition) is 0. The van der Waals surface area contributed by atoms with Crippen molar-refractivity contribution < 1.29 is 60.5 Å². The van der Waals surface area contributed by atoms with Gasteiger partial charge in [-0.2, -0.15) is 26.3 Å². The second kappa shape index (κ2) is 10.0. The maximum absolute atomic E-state index is 12.4. The van der Waals surface area contributed by atoms with E-state index >= 15 is 0 Å². The van der Waals surface area contributed by atoms with Gasteiger partial charge in [-0.1, -0.05) is 18.2 Å². The maximum atomic E-state index is 12.4. The quantitative estimate of drug-likeness (QED) is 0.275. The molecule has 3 rings (SSSR count). The summed E-state index contributed by atoms with van der Waals surface area (Å²) in [7, 11) is -4.25. The molecule has 3 aromatic rings. The highest BCUT2D eigenvalue weighted by Crippen LogP contribution is 2.29. The van der Waals surface area contributed by atoms with Crippen LogP contribution in [0.2, 0.25) is 0 Å². The van der Waals surface area contributed by atoms with Crippen molar-refractivity contribution in [1.82, 2.24) is 0 Å². The molecule has 0 radical (unpaired) electrons. The molecule has 31 heavy (non-hydrogen) atoms. The van der Waals surface area contributed by atoms with E-state index in [0.29, 0.717) is 7.14 Å². The van der Waals surface area contributed by atoms with Crippen LogP contribution in [0, 0.1) is 7.14 Å². The summed E-state index contributed by atoms with van der Waals surface area (Å²) < 4.78 is 107. The van der Waals surface area contributed by atoms with Crippen LogP contribution in [0.25, 0.3) is 0 Å². The van der Waals surface area contributed by atoms with Gasteiger partial charge in [0.05, 0.1) is 16.0 Å². The number of halogens is 7. The van der Waals surface area contributed by atoms with E-state index in [1.807, 2.05) is 0 Å². The van der Waals surface area contributed by atoms with Crippen molar-refractivity contribution in [3.63, 3.8) is 0 Å². The first-order chi connectivity index (χ1) is 14.3. The zero-order valence-electron chi connectivity index (χ0n) is 15.3. The Balaban J connectivity index is 0.000000285. The van der Waals surface area contributed by atoms with Crippen LogP contribution >= 0.6 is 0 Å². The van der Waals surface area contributed by atoms with Crippen molar-refractivity contribution in [3.05, 3.63) is 97.1 Å². The summed E-state index contributed by atoms with van der Waals surface area (Å²) in [5, 5.41) is 0. The van der Waals surface area contributed by atoms with Crippen LogP contribution in [0.3, 0.4) is 0 Å². The van der Waals surface area contributed by atoms with Crippen LogP contribution in [-0.4, -0.2) is 13.0 Å². The Morgan fingerprint density at radius 3 is 1.23 bits per heavy atom. The third-order valence-electron chi connectivity index (χ3n) is 3.59. The highest BCUT2D eigenvalue weighted by atomic mass is 127. The minimum atomic E-state index is -4.38. The third-order valence-corrected chi connectivity index (χ3v) is 7.13. The van der Waals surface area contributed by atoms with Gasteiger partial charge in [0.1, 0.15) is 10.1 Å². The Hall–Kier alpha value is -2.12. The molecular weight excluding hydrogens is 561 g/mol. The number of alkyl halides is 6. The molecule has 0 amide bonds. The first-order valence-electron chi connectivity index (χ1n) is 8.27. The molecule has 0 unspecified atom stereocenters. The monoisotopic (exact) mass is 574 g/mol. The fourth-order valence-corrected chi connectivity index (χ4v) is 4.76. The average Bonchev–Trinajstić information content (AvgIpc) is 2.68. The Morgan fingerprint density at radius 2 is 0.968 bits per heavy atom. The van der Waals surface area contributed by atoms with Gasteiger partial charge in [0, 0.05) is 0 Å². The normalized spacial score (nSPS) is 12.1. The third kappa shape index (κ3) is 8.15. The van der Waals surface area contributed by atoms with Gasteiger partial charge in [0.25, 0.3) is 0 Å². The Labute approximate surface area is 184 Å². The van der Waals surface area contributed by atoms with E-state index in [2.05, 4.69) is 0 Å².